The lowest BCUT2D eigenvalue weighted by atomic mass is 10.0. The van der Waals surface area contributed by atoms with Crippen molar-refractivity contribution in [3.63, 3.8) is 0 Å². The SMILES string of the molecule is CCc1nn(Cc2ccc(C(=O)Cc3ccc(F)c(Br)c3)cc2)c(CC)c1CC(=O)O. The summed E-state index contributed by atoms with van der Waals surface area (Å²) in [7, 11) is 0. The third-order valence-electron chi connectivity index (χ3n) is 5.20. The molecule has 1 heterocycles. The number of rotatable bonds is 9. The first kappa shape index (κ1) is 22.9. The highest BCUT2D eigenvalue weighted by molar-refractivity contribution is 9.10. The van der Waals surface area contributed by atoms with E-state index < -0.39 is 5.97 Å². The number of aromatic nitrogens is 2. The van der Waals surface area contributed by atoms with Crippen molar-refractivity contribution in [2.45, 2.75) is 46.1 Å². The number of ketones is 1. The molecule has 0 fully saturated rings. The first-order valence-electron chi connectivity index (χ1n) is 10.2. The van der Waals surface area contributed by atoms with Crippen LogP contribution in [0.25, 0.3) is 0 Å². The Morgan fingerprint density at radius 3 is 2.29 bits per heavy atom. The van der Waals surface area contributed by atoms with Gasteiger partial charge >= 0.3 is 5.97 Å². The zero-order valence-corrected chi connectivity index (χ0v) is 19.1. The van der Waals surface area contributed by atoms with Gasteiger partial charge in [-0.2, -0.15) is 5.10 Å². The Hall–Kier alpha value is -2.80. The van der Waals surface area contributed by atoms with Crippen LogP contribution in [0.2, 0.25) is 0 Å². The molecule has 0 aliphatic rings. The predicted molar refractivity (Wildman–Crippen MR) is 120 cm³/mol. The van der Waals surface area contributed by atoms with E-state index in [-0.39, 0.29) is 24.4 Å². The van der Waals surface area contributed by atoms with E-state index in [1.54, 1.807) is 24.3 Å². The van der Waals surface area contributed by atoms with Crippen LogP contribution in [0, 0.1) is 5.82 Å². The number of aliphatic carboxylic acids is 1. The second-order valence-corrected chi connectivity index (χ2v) is 8.21. The lowest BCUT2D eigenvalue weighted by Crippen LogP contribution is -2.09. The van der Waals surface area contributed by atoms with Crippen molar-refractivity contribution in [3.8, 4) is 0 Å². The van der Waals surface area contributed by atoms with Gasteiger partial charge < -0.3 is 5.11 Å². The largest absolute Gasteiger partial charge is 0.481 e. The molecule has 0 saturated carbocycles. The molecule has 162 valence electrons. The molecule has 3 rings (SSSR count). The molecule has 5 nitrogen and oxygen atoms in total. The van der Waals surface area contributed by atoms with Gasteiger partial charge in [0.15, 0.2) is 5.78 Å². The lowest BCUT2D eigenvalue weighted by molar-refractivity contribution is -0.136. The van der Waals surface area contributed by atoms with E-state index in [4.69, 9.17) is 0 Å². The van der Waals surface area contributed by atoms with Crippen LogP contribution in [0.3, 0.4) is 0 Å². The van der Waals surface area contributed by atoms with E-state index in [1.807, 2.05) is 30.7 Å². The first-order chi connectivity index (χ1) is 14.8. The second-order valence-electron chi connectivity index (χ2n) is 7.35. The second kappa shape index (κ2) is 10.0. The van der Waals surface area contributed by atoms with Crippen molar-refractivity contribution in [1.82, 2.24) is 9.78 Å². The average Bonchev–Trinajstić information content (AvgIpc) is 3.06. The number of carboxylic acid groups (broad SMARTS) is 1. The number of nitrogens with zero attached hydrogens (tertiary/aromatic N) is 2. The van der Waals surface area contributed by atoms with Gasteiger partial charge in [0.1, 0.15) is 5.82 Å². The maximum atomic E-state index is 13.4. The fraction of sp³-hybridized carbons (Fsp3) is 0.292. The van der Waals surface area contributed by atoms with Crippen molar-refractivity contribution in [2.75, 3.05) is 0 Å². The number of benzene rings is 2. The molecule has 0 saturated heterocycles. The molecule has 3 aromatic rings. The van der Waals surface area contributed by atoms with Gasteiger partial charge in [-0.25, -0.2) is 4.39 Å². The van der Waals surface area contributed by atoms with Crippen LogP contribution < -0.4 is 0 Å². The van der Waals surface area contributed by atoms with E-state index in [0.29, 0.717) is 29.4 Å². The van der Waals surface area contributed by atoms with Crippen LogP contribution in [0.5, 0.6) is 0 Å². The highest BCUT2D eigenvalue weighted by atomic mass is 79.9. The number of hydrogen-bond donors (Lipinski definition) is 1. The Bertz CT molecular complexity index is 1110. The van der Waals surface area contributed by atoms with E-state index in [9.17, 15) is 19.1 Å². The molecule has 31 heavy (non-hydrogen) atoms. The summed E-state index contributed by atoms with van der Waals surface area (Å²) >= 11 is 3.14. The molecule has 0 aliphatic carbocycles. The summed E-state index contributed by atoms with van der Waals surface area (Å²) in [6.45, 7) is 4.47. The van der Waals surface area contributed by atoms with E-state index >= 15 is 0 Å². The monoisotopic (exact) mass is 486 g/mol. The number of carbonyl (C=O) groups is 2. The number of hydrogen-bond acceptors (Lipinski definition) is 3. The van der Waals surface area contributed by atoms with Crippen LogP contribution in [-0.2, 0) is 37.0 Å². The minimum atomic E-state index is -0.861. The number of aryl methyl sites for hydroxylation is 1. The Morgan fingerprint density at radius 1 is 1.03 bits per heavy atom. The van der Waals surface area contributed by atoms with Crippen molar-refractivity contribution in [1.29, 1.82) is 0 Å². The predicted octanol–water partition coefficient (Wildman–Crippen LogP) is 5.01. The smallest absolute Gasteiger partial charge is 0.307 e. The molecule has 1 N–H and O–H groups in total. The summed E-state index contributed by atoms with van der Waals surface area (Å²) in [5, 5.41) is 13.9. The Labute approximate surface area is 189 Å². The average molecular weight is 487 g/mol. The number of halogens is 2. The number of Topliss-reactive ketones (excluding diaryl/α,β-unsaturated/α-hetero) is 1. The van der Waals surface area contributed by atoms with Gasteiger partial charge in [0.05, 0.1) is 23.1 Å². The molecule has 1 aromatic heterocycles. The standard InChI is InChI=1S/C24H24BrFN2O3/c1-3-21-18(13-24(30)31)22(4-2)28(27-21)14-15-5-8-17(9-6-15)23(29)12-16-7-10-20(26)19(25)11-16/h5-11H,3-4,12-14H2,1-2H3,(H,30,31). The number of carbonyl (C=O) groups excluding carboxylic acids is 1. The summed E-state index contributed by atoms with van der Waals surface area (Å²) in [6, 6.07) is 11.9. The molecular formula is C24H24BrFN2O3. The molecule has 0 unspecified atom stereocenters. The van der Waals surface area contributed by atoms with Crippen LogP contribution >= 0.6 is 15.9 Å². The lowest BCUT2D eigenvalue weighted by Gasteiger charge is -2.09. The molecule has 0 atom stereocenters. The fourth-order valence-corrected chi connectivity index (χ4v) is 4.09. The molecule has 2 aromatic carbocycles. The third-order valence-corrected chi connectivity index (χ3v) is 5.81. The van der Waals surface area contributed by atoms with Crippen molar-refractivity contribution < 1.29 is 19.1 Å². The molecule has 0 spiro atoms. The van der Waals surface area contributed by atoms with Gasteiger partial charge in [-0.1, -0.05) is 44.2 Å². The Balaban J connectivity index is 1.76. The highest BCUT2D eigenvalue weighted by Crippen LogP contribution is 2.20. The van der Waals surface area contributed by atoms with Crippen molar-refractivity contribution >= 4 is 27.7 Å². The van der Waals surface area contributed by atoms with Gasteiger partial charge in [-0.15, -0.1) is 0 Å². The van der Waals surface area contributed by atoms with E-state index in [1.165, 1.54) is 6.07 Å². The molecule has 0 bridgehead atoms. The minimum Gasteiger partial charge on any atom is -0.481 e. The highest BCUT2D eigenvalue weighted by Gasteiger charge is 2.18. The van der Waals surface area contributed by atoms with Crippen LogP contribution in [-0.4, -0.2) is 26.6 Å². The van der Waals surface area contributed by atoms with Gasteiger partial charge in [0.2, 0.25) is 0 Å². The topological polar surface area (TPSA) is 72.2 Å². The van der Waals surface area contributed by atoms with Crippen LogP contribution in [0.15, 0.2) is 46.9 Å². The fourth-order valence-electron chi connectivity index (χ4n) is 3.66. The molecule has 7 heteroatoms. The van der Waals surface area contributed by atoms with Crippen LogP contribution in [0.1, 0.15) is 52.3 Å². The van der Waals surface area contributed by atoms with E-state index in [2.05, 4.69) is 21.0 Å². The van der Waals surface area contributed by atoms with Crippen molar-refractivity contribution in [3.05, 3.63) is 86.4 Å². The maximum Gasteiger partial charge on any atom is 0.307 e. The van der Waals surface area contributed by atoms with E-state index in [0.717, 1.165) is 28.1 Å². The minimum absolute atomic E-state index is 0.0285. The van der Waals surface area contributed by atoms with Crippen LogP contribution in [0.4, 0.5) is 4.39 Å². The zero-order chi connectivity index (χ0) is 22.5. The summed E-state index contributed by atoms with van der Waals surface area (Å²) in [6.07, 6.45) is 1.53. The summed E-state index contributed by atoms with van der Waals surface area (Å²) in [5.41, 5.74) is 4.85. The Kier molecular flexibility index (Phi) is 7.38. The maximum absolute atomic E-state index is 13.4. The molecule has 0 radical (unpaired) electrons. The Morgan fingerprint density at radius 2 is 1.71 bits per heavy atom. The third kappa shape index (κ3) is 5.47. The normalized spacial score (nSPS) is 11.0. The van der Waals surface area contributed by atoms with Gasteiger partial charge in [0.25, 0.3) is 0 Å². The molecule has 0 aliphatic heterocycles. The van der Waals surface area contributed by atoms with Gasteiger partial charge in [0, 0.05) is 23.2 Å². The van der Waals surface area contributed by atoms with Gasteiger partial charge in [-0.05, 0) is 52.0 Å². The number of carboxylic acids is 1. The summed E-state index contributed by atoms with van der Waals surface area (Å²) < 4.78 is 15.6. The first-order valence-corrected chi connectivity index (χ1v) is 11.0. The molecule has 0 amide bonds. The molecular weight excluding hydrogens is 463 g/mol. The zero-order valence-electron chi connectivity index (χ0n) is 17.5. The van der Waals surface area contributed by atoms with Crippen molar-refractivity contribution in [2.24, 2.45) is 0 Å². The summed E-state index contributed by atoms with van der Waals surface area (Å²) in [5.74, 6) is -1.27. The van der Waals surface area contributed by atoms with Gasteiger partial charge in [-0.3, -0.25) is 14.3 Å². The summed E-state index contributed by atoms with van der Waals surface area (Å²) in [4.78, 5) is 23.8. The quantitative estimate of drug-likeness (QED) is 0.431.